The van der Waals surface area contributed by atoms with E-state index in [1.54, 1.807) is 4.90 Å². The number of rotatable bonds is 8. The van der Waals surface area contributed by atoms with Crippen molar-refractivity contribution < 1.29 is 19.0 Å². The van der Waals surface area contributed by atoms with Crippen molar-refractivity contribution >= 4 is 11.6 Å². The first-order valence-corrected chi connectivity index (χ1v) is 10.1. The number of nitriles is 1. The van der Waals surface area contributed by atoms with Gasteiger partial charge in [-0.2, -0.15) is 5.26 Å². The number of nitrogens with zero attached hydrogens (tertiary/aromatic N) is 3. The smallest absolute Gasteiger partial charge is 0.241 e. The highest BCUT2D eigenvalue weighted by Gasteiger charge is 2.35. The average Bonchev–Trinajstić information content (AvgIpc) is 3.25. The standard InChI is InChI=1S/C21H29N3O4/c1-2-26-18-9-7-17(8-10-18)24(13-5-11-22)20(25)16-23-12-4-3-6-19(23)21-27-14-15-28-21/h7-10,19,21H,2-6,12-16H2,1H3. The average molecular weight is 387 g/mol. The summed E-state index contributed by atoms with van der Waals surface area (Å²) < 4.78 is 16.9. The van der Waals surface area contributed by atoms with E-state index < -0.39 is 0 Å². The third-order valence-corrected chi connectivity index (χ3v) is 5.17. The van der Waals surface area contributed by atoms with E-state index in [4.69, 9.17) is 19.5 Å². The van der Waals surface area contributed by atoms with Crippen molar-refractivity contribution in [2.45, 2.75) is 44.9 Å². The van der Waals surface area contributed by atoms with Crippen LogP contribution in [0.2, 0.25) is 0 Å². The topological polar surface area (TPSA) is 75.0 Å². The number of anilines is 1. The number of likely N-dealkylation sites (tertiary alicyclic amines) is 1. The molecule has 28 heavy (non-hydrogen) atoms. The molecule has 1 aromatic carbocycles. The lowest BCUT2D eigenvalue weighted by Gasteiger charge is -2.38. The van der Waals surface area contributed by atoms with Crippen molar-refractivity contribution in [3.8, 4) is 11.8 Å². The minimum Gasteiger partial charge on any atom is -0.494 e. The lowest BCUT2D eigenvalue weighted by atomic mass is 10.0. The highest BCUT2D eigenvalue weighted by molar-refractivity contribution is 5.94. The van der Waals surface area contributed by atoms with Crippen LogP contribution in [0.5, 0.6) is 5.75 Å². The van der Waals surface area contributed by atoms with Gasteiger partial charge in [-0.3, -0.25) is 9.69 Å². The van der Waals surface area contributed by atoms with Crippen LogP contribution in [0, 0.1) is 11.3 Å². The van der Waals surface area contributed by atoms with Gasteiger partial charge in [0.05, 0.1) is 44.9 Å². The van der Waals surface area contributed by atoms with Gasteiger partial charge in [-0.1, -0.05) is 6.42 Å². The first kappa shape index (κ1) is 20.6. The molecule has 0 radical (unpaired) electrons. The number of piperidine rings is 1. The van der Waals surface area contributed by atoms with Gasteiger partial charge in [-0.15, -0.1) is 0 Å². The van der Waals surface area contributed by atoms with Gasteiger partial charge in [-0.05, 0) is 50.6 Å². The van der Waals surface area contributed by atoms with Crippen molar-refractivity contribution in [2.75, 3.05) is 44.4 Å². The Kier molecular flexibility index (Phi) is 7.66. The number of ether oxygens (including phenoxy) is 3. The van der Waals surface area contributed by atoms with E-state index in [9.17, 15) is 4.79 Å². The molecule has 0 aliphatic carbocycles. The zero-order chi connectivity index (χ0) is 19.8. The van der Waals surface area contributed by atoms with Crippen molar-refractivity contribution in [3.05, 3.63) is 24.3 Å². The van der Waals surface area contributed by atoms with Crippen molar-refractivity contribution in [1.82, 2.24) is 4.90 Å². The van der Waals surface area contributed by atoms with Gasteiger partial charge in [0.2, 0.25) is 5.91 Å². The second kappa shape index (κ2) is 10.4. The maximum absolute atomic E-state index is 13.2. The molecule has 0 N–H and O–H groups in total. The predicted molar refractivity (Wildman–Crippen MR) is 105 cm³/mol. The minimum absolute atomic E-state index is 0.00990. The molecule has 2 saturated heterocycles. The molecule has 2 fully saturated rings. The Hall–Kier alpha value is -2.14. The van der Waals surface area contributed by atoms with Gasteiger partial charge < -0.3 is 19.1 Å². The van der Waals surface area contributed by atoms with Gasteiger partial charge in [0.15, 0.2) is 6.29 Å². The first-order valence-electron chi connectivity index (χ1n) is 10.1. The van der Waals surface area contributed by atoms with Gasteiger partial charge in [0.1, 0.15) is 5.75 Å². The zero-order valence-electron chi connectivity index (χ0n) is 16.5. The molecule has 0 spiro atoms. The van der Waals surface area contributed by atoms with Crippen LogP contribution < -0.4 is 9.64 Å². The molecule has 2 aliphatic rings. The van der Waals surface area contributed by atoms with Crippen LogP contribution in [0.4, 0.5) is 5.69 Å². The molecule has 152 valence electrons. The van der Waals surface area contributed by atoms with Crippen LogP contribution in [0.15, 0.2) is 24.3 Å². The number of carbonyl (C=O) groups excluding carboxylic acids is 1. The summed E-state index contributed by atoms with van der Waals surface area (Å²) in [6.45, 7) is 5.29. The van der Waals surface area contributed by atoms with Crippen LogP contribution in [0.25, 0.3) is 0 Å². The van der Waals surface area contributed by atoms with Crippen molar-refractivity contribution in [2.24, 2.45) is 0 Å². The molecule has 0 bridgehead atoms. The second-order valence-corrected chi connectivity index (χ2v) is 7.02. The lowest BCUT2D eigenvalue weighted by Crippen LogP contribution is -2.51. The van der Waals surface area contributed by atoms with Crippen LogP contribution in [0.3, 0.4) is 0 Å². The summed E-state index contributed by atoms with van der Waals surface area (Å²) >= 11 is 0. The molecule has 0 saturated carbocycles. The maximum atomic E-state index is 13.2. The largest absolute Gasteiger partial charge is 0.494 e. The highest BCUT2D eigenvalue weighted by atomic mass is 16.7. The highest BCUT2D eigenvalue weighted by Crippen LogP contribution is 2.25. The van der Waals surface area contributed by atoms with E-state index in [1.807, 2.05) is 31.2 Å². The predicted octanol–water partition coefficient (Wildman–Crippen LogP) is 2.56. The van der Waals surface area contributed by atoms with E-state index in [0.717, 1.165) is 37.2 Å². The molecule has 1 amide bonds. The van der Waals surface area contributed by atoms with E-state index in [-0.39, 0.29) is 24.7 Å². The van der Waals surface area contributed by atoms with Crippen molar-refractivity contribution in [1.29, 1.82) is 5.26 Å². The fraction of sp³-hybridized carbons (Fsp3) is 0.619. The van der Waals surface area contributed by atoms with Crippen molar-refractivity contribution in [3.63, 3.8) is 0 Å². The van der Waals surface area contributed by atoms with E-state index >= 15 is 0 Å². The summed E-state index contributed by atoms with van der Waals surface area (Å²) in [6, 6.07) is 9.71. The van der Waals surface area contributed by atoms with Gasteiger partial charge in [0, 0.05) is 12.2 Å². The Balaban J connectivity index is 1.70. The van der Waals surface area contributed by atoms with Crippen LogP contribution in [-0.4, -0.2) is 62.6 Å². The third-order valence-electron chi connectivity index (χ3n) is 5.17. The Morgan fingerprint density at radius 1 is 1.29 bits per heavy atom. The number of hydrogen-bond acceptors (Lipinski definition) is 6. The molecule has 2 heterocycles. The Morgan fingerprint density at radius 2 is 2.04 bits per heavy atom. The Bertz CT molecular complexity index is 667. The fourth-order valence-electron chi connectivity index (χ4n) is 3.83. The summed E-state index contributed by atoms with van der Waals surface area (Å²) in [6.07, 6.45) is 3.20. The van der Waals surface area contributed by atoms with Crippen LogP contribution in [-0.2, 0) is 14.3 Å². The summed E-state index contributed by atoms with van der Waals surface area (Å²) in [5, 5.41) is 9.01. The zero-order valence-corrected chi connectivity index (χ0v) is 16.5. The molecular formula is C21H29N3O4. The SMILES string of the molecule is CCOc1ccc(N(CCC#N)C(=O)CN2CCCCC2C2OCCO2)cc1. The molecular weight excluding hydrogens is 358 g/mol. The van der Waals surface area contributed by atoms with E-state index in [1.165, 1.54) is 0 Å². The summed E-state index contributed by atoms with van der Waals surface area (Å²) in [4.78, 5) is 17.0. The summed E-state index contributed by atoms with van der Waals surface area (Å²) in [5.41, 5.74) is 0.783. The quantitative estimate of drug-likeness (QED) is 0.682. The fourth-order valence-corrected chi connectivity index (χ4v) is 3.83. The molecule has 0 aromatic heterocycles. The summed E-state index contributed by atoms with van der Waals surface area (Å²) in [5.74, 6) is 0.759. The van der Waals surface area contributed by atoms with Gasteiger partial charge >= 0.3 is 0 Å². The Morgan fingerprint density at radius 3 is 2.71 bits per heavy atom. The molecule has 3 rings (SSSR count). The van der Waals surface area contributed by atoms with Crippen LogP contribution in [0.1, 0.15) is 32.6 Å². The number of amides is 1. The molecule has 1 aromatic rings. The molecule has 2 aliphatic heterocycles. The maximum Gasteiger partial charge on any atom is 0.241 e. The molecule has 7 nitrogen and oxygen atoms in total. The third kappa shape index (κ3) is 5.22. The van der Waals surface area contributed by atoms with Crippen LogP contribution >= 0.6 is 0 Å². The van der Waals surface area contributed by atoms with Gasteiger partial charge in [-0.25, -0.2) is 0 Å². The second-order valence-electron chi connectivity index (χ2n) is 7.02. The summed E-state index contributed by atoms with van der Waals surface area (Å²) in [7, 11) is 0. The minimum atomic E-state index is -0.244. The molecule has 7 heteroatoms. The molecule has 1 atom stereocenters. The molecule has 1 unspecified atom stereocenters. The monoisotopic (exact) mass is 387 g/mol. The van der Waals surface area contributed by atoms with E-state index in [2.05, 4.69) is 11.0 Å². The Labute approximate surface area is 166 Å². The number of carbonyl (C=O) groups is 1. The van der Waals surface area contributed by atoms with E-state index in [0.29, 0.717) is 32.9 Å². The van der Waals surface area contributed by atoms with Gasteiger partial charge in [0.25, 0.3) is 0 Å². The first-order chi connectivity index (χ1) is 13.7. The lowest BCUT2D eigenvalue weighted by molar-refractivity contribution is -0.129. The number of hydrogen-bond donors (Lipinski definition) is 0. The number of benzene rings is 1. The normalized spacial score (nSPS) is 20.6.